The van der Waals surface area contributed by atoms with Crippen molar-refractivity contribution in [2.45, 2.75) is 31.3 Å². The Balaban J connectivity index is 2.26. The molecule has 2 aliphatic rings. The highest BCUT2D eigenvalue weighted by Crippen LogP contribution is 2.33. The van der Waals surface area contributed by atoms with Crippen LogP contribution in [0, 0.1) is 0 Å². The first-order valence-corrected chi connectivity index (χ1v) is 4.70. The van der Waals surface area contributed by atoms with E-state index in [0.29, 0.717) is 5.70 Å². The second-order valence-electron chi connectivity index (χ2n) is 3.83. The van der Waals surface area contributed by atoms with Gasteiger partial charge < -0.3 is 4.90 Å². The van der Waals surface area contributed by atoms with Gasteiger partial charge in [0.1, 0.15) is 0 Å². The molecule has 1 N–H and O–H groups in total. The largest absolute Gasteiger partial charge is 0.422 e. The first-order valence-electron chi connectivity index (χ1n) is 4.70. The molecule has 0 saturated carbocycles. The molecule has 1 fully saturated rings. The van der Waals surface area contributed by atoms with E-state index in [4.69, 9.17) is 0 Å². The normalized spacial score (nSPS) is 35.4. The predicted molar refractivity (Wildman–Crippen MR) is 50.6 cm³/mol. The summed E-state index contributed by atoms with van der Waals surface area (Å²) in [7, 11) is 1.45. The lowest BCUT2D eigenvalue weighted by atomic mass is 10.1. The van der Waals surface area contributed by atoms with Crippen LogP contribution in [-0.2, 0) is 0 Å². The quantitative estimate of drug-likeness (QED) is 0.661. The van der Waals surface area contributed by atoms with E-state index in [0.717, 1.165) is 0 Å². The predicted octanol–water partition coefficient (Wildman–Crippen LogP) is 1.14. The zero-order chi connectivity index (χ0) is 11.2. The van der Waals surface area contributed by atoms with E-state index in [1.807, 2.05) is 0 Å². The molecule has 0 amide bonds. The second-order valence-corrected chi connectivity index (χ2v) is 3.83. The topological polar surface area (TPSA) is 27.6 Å². The summed E-state index contributed by atoms with van der Waals surface area (Å²) in [6.07, 6.45) is -2.67. The van der Waals surface area contributed by atoms with Crippen LogP contribution in [0.15, 0.2) is 16.8 Å². The van der Waals surface area contributed by atoms with Gasteiger partial charge in [-0.2, -0.15) is 13.2 Å². The van der Waals surface area contributed by atoms with E-state index in [2.05, 4.69) is 10.3 Å². The van der Waals surface area contributed by atoms with Crippen molar-refractivity contribution in [2.24, 2.45) is 4.99 Å². The van der Waals surface area contributed by atoms with Gasteiger partial charge in [0, 0.05) is 19.0 Å². The number of hydrogen-bond donors (Lipinski definition) is 1. The third-order valence-electron chi connectivity index (χ3n) is 2.81. The lowest BCUT2D eigenvalue weighted by Crippen LogP contribution is -2.47. The van der Waals surface area contributed by atoms with Crippen molar-refractivity contribution in [3.05, 3.63) is 11.8 Å². The minimum absolute atomic E-state index is 0.153. The number of hydrogen-bond acceptors (Lipinski definition) is 3. The highest BCUT2D eigenvalue weighted by atomic mass is 19.4. The molecule has 6 heteroatoms. The molecule has 0 aromatic heterocycles. The van der Waals surface area contributed by atoms with E-state index < -0.39 is 12.3 Å². The van der Waals surface area contributed by atoms with Crippen LogP contribution in [0.4, 0.5) is 13.2 Å². The van der Waals surface area contributed by atoms with Crippen molar-refractivity contribution >= 4 is 6.21 Å². The molecule has 0 aliphatic carbocycles. The first kappa shape index (κ1) is 10.5. The van der Waals surface area contributed by atoms with Crippen LogP contribution in [0.1, 0.15) is 6.92 Å². The third kappa shape index (κ3) is 1.62. The highest BCUT2D eigenvalue weighted by molar-refractivity contribution is 5.74. The summed E-state index contributed by atoms with van der Waals surface area (Å²) in [4.78, 5) is 5.29. The second kappa shape index (κ2) is 3.23. The van der Waals surface area contributed by atoms with Crippen LogP contribution in [0.25, 0.3) is 0 Å². The number of dihydropyridines is 1. The fraction of sp³-hybridized carbons (Fsp3) is 0.667. The lowest BCUT2D eigenvalue weighted by molar-refractivity contribution is -0.176. The minimum atomic E-state index is -4.26. The van der Waals surface area contributed by atoms with Gasteiger partial charge in [0.25, 0.3) is 0 Å². The van der Waals surface area contributed by atoms with Crippen molar-refractivity contribution in [3.63, 3.8) is 0 Å². The molecule has 84 valence electrons. The van der Waals surface area contributed by atoms with Crippen molar-refractivity contribution in [1.29, 1.82) is 0 Å². The number of alkyl halides is 3. The maximum atomic E-state index is 12.6. The molecule has 15 heavy (non-hydrogen) atoms. The van der Waals surface area contributed by atoms with Gasteiger partial charge >= 0.3 is 6.18 Å². The summed E-state index contributed by atoms with van der Waals surface area (Å²) < 4.78 is 37.8. The highest BCUT2D eigenvalue weighted by Gasteiger charge is 2.50. The van der Waals surface area contributed by atoms with Crippen LogP contribution in [0.3, 0.4) is 0 Å². The molecule has 2 rings (SSSR count). The number of likely N-dealkylation sites (N-methyl/N-ethyl adjacent to an activating group) is 1. The van der Waals surface area contributed by atoms with Crippen molar-refractivity contribution in [2.75, 3.05) is 7.05 Å². The summed E-state index contributed by atoms with van der Waals surface area (Å²) in [6, 6.07) is -0.480. The van der Waals surface area contributed by atoms with Gasteiger partial charge in [-0.25, -0.2) is 0 Å². The fourth-order valence-corrected chi connectivity index (χ4v) is 2.00. The average molecular weight is 219 g/mol. The van der Waals surface area contributed by atoms with Crippen LogP contribution in [0.5, 0.6) is 0 Å². The number of aliphatic imine (C=N–C) groups is 1. The molecular weight excluding hydrogens is 207 g/mol. The number of halogens is 3. The molecule has 0 radical (unpaired) electrons. The molecule has 0 aromatic rings. The minimum Gasteiger partial charge on any atom is -0.353 e. The molecule has 2 heterocycles. The molecule has 0 bridgehead atoms. The lowest BCUT2D eigenvalue weighted by Gasteiger charge is -2.24. The van der Waals surface area contributed by atoms with Gasteiger partial charge in [0.2, 0.25) is 0 Å². The SMILES string of the molecule is CC1N=CC=C2C1NC(C(F)(F)F)N2C. The van der Waals surface area contributed by atoms with E-state index in [-0.39, 0.29) is 12.1 Å². The van der Waals surface area contributed by atoms with E-state index in [1.165, 1.54) is 11.9 Å². The van der Waals surface area contributed by atoms with Gasteiger partial charge in [0.05, 0.1) is 12.1 Å². The molecule has 3 atom stereocenters. The Labute approximate surface area is 85.7 Å². The molecular formula is C9H12F3N3. The standard InChI is InChI=1S/C9H12F3N3/c1-5-7-6(3-4-13-5)15(2)8(14-7)9(10,11)12/h3-5,7-8,14H,1-2H3. The van der Waals surface area contributed by atoms with E-state index in [9.17, 15) is 13.2 Å². The zero-order valence-corrected chi connectivity index (χ0v) is 8.42. The van der Waals surface area contributed by atoms with Gasteiger partial charge in [-0.15, -0.1) is 0 Å². The molecule has 0 aromatic carbocycles. The summed E-state index contributed by atoms with van der Waals surface area (Å²) in [5, 5.41) is 2.55. The van der Waals surface area contributed by atoms with Crippen LogP contribution in [0.2, 0.25) is 0 Å². The zero-order valence-electron chi connectivity index (χ0n) is 8.42. The Hall–Kier alpha value is -1.04. The molecule has 2 aliphatic heterocycles. The number of allylic oxidation sites excluding steroid dienone is 1. The fourth-order valence-electron chi connectivity index (χ4n) is 2.00. The van der Waals surface area contributed by atoms with Gasteiger partial charge in [-0.1, -0.05) is 0 Å². The Bertz CT molecular complexity index is 321. The van der Waals surface area contributed by atoms with E-state index in [1.54, 1.807) is 19.2 Å². The number of nitrogens with zero attached hydrogens (tertiary/aromatic N) is 2. The maximum Gasteiger partial charge on any atom is 0.422 e. The Kier molecular flexibility index (Phi) is 2.26. The smallest absolute Gasteiger partial charge is 0.353 e. The number of nitrogens with one attached hydrogen (secondary N) is 1. The van der Waals surface area contributed by atoms with Crippen molar-refractivity contribution in [3.8, 4) is 0 Å². The summed E-state index contributed by atoms with van der Waals surface area (Å²) in [6.45, 7) is 1.80. The summed E-state index contributed by atoms with van der Waals surface area (Å²) in [5.74, 6) is 0. The van der Waals surface area contributed by atoms with Gasteiger partial charge in [-0.3, -0.25) is 10.3 Å². The monoisotopic (exact) mass is 219 g/mol. The number of rotatable bonds is 0. The van der Waals surface area contributed by atoms with Gasteiger partial charge in [0.15, 0.2) is 6.17 Å². The number of fused-ring (bicyclic) bond motifs is 1. The van der Waals surface area contributed by atoms with Crippen LogP contribution >= 0.6 is 0 Å². The summed E-state index contributed by atoms with van der Waals surface area (Å²) >= 11 is 0. The first-order chi connectivity index (χ1) is 6.91. The Morgan fingerprint density at radius 2 is 2.13 bits per heavy atom. The molecule has 1 saturated heterocycles. The molecule has 3 unspecified atom stereocenters. The van der Waals surface area contributed by atoms with Crippen molar-refractivity contribution in [1.82, 2.24) is 10.2 Å². The van der Waals surface area contributed by atoms with Crippen molar-refractivity contribution < 1.29 is 13.2 Å². The van der Waals surface area contributed by atoms with Crippen LogP contribution < -0.4 is 5.32 Å². The van der Waals surface area contributed by atoms with E-state index >= 15 is 0 Å². The Morgan fingerprint density at radius 3 is 2.67 bits per heavy atom. The molecule has 0 spiro atoms. The van der Waals surface area contributed by atoms with Gasteiger partial charge in [-0.05, 0) is 13.0 Å². The molecule has 3 nitrogen and oxygen atoms in total. The third-order valence-corrected chi connectivity index (χ3v) is 2.81. The Morgan fingerprint density at radius 1 is 1.47 bits per heavy atom. The maximum absolute atomic E-state index is 12.6. The average Bonchev–Trinajstić information content (AvgIpc) is 2.45. The summed E-state index contributed by atoms with van der Waals surface area (Å²) in [5.41, 5.74) is 0.653. The van der Waals surface area contributed by atoms with Crippen LogP contribution in [-0.4, -0.2) is 42.6 Å².